The summed E-state index contributed by atoms with van der Waals surface area (Å²) in [6, 6.07) is 45.7. The third-order valence-electron chi connectivity index (χ3n) is 7.49. The van der Waals surface area contributed by atoms with Crippen LogP contribution in [0, 0.1) is 5.82 Å². The van der Waals surface area contributed by atoms with Crippen molar-refractivity contribution in [1.29, 1.82) is 0 Å². The Morgan fingerprint density at radius 2 is 1.10 bits per heavy atom. The Morgan fingerprint density at radius 1 is 0.615 bits per heavy atom. The normalized spacial score (nSPS) is 12.2. The molecule has 0 bridgehead atoms. The van der Waals surface area contributed by atoms with Crippen LogP contribution >= 0.6 is 7.26 Å². The maximum atomic E-state index is 14.8. The van der Waals surface area contributed by atoms with E-state index in [1.807, 2.05) is 0 Å². The zero-order valence-corrected chi connectivity index (χ0v) is 23.9. The van der Waals surface area contributed by atoms with Gasteiger partial charge in [0, 0.05) is 0 Å². The van der Waals surface area contributed by atoms with Crippen LogP contribution < -0.4 is 20.7 Å². The quantitative estimate of drug-likeness (QED) is 0.184. The van der Waals surface area contributed by atoms with E-state index < -0.39 is 7.26 Å². The van der Waals surface area contributed by atoms with E-state index in [0.717, 1.165) is 16.9 Å². The van der Waals surface area contributed by atoms with Gasteiger partial charge in [-0.15, -0.1) is 0 Å². The van der Waals surface area contributed by atoms with E-state index in [4.69, 9.17) is 4.74 Å². The fourth-order valence-corrected chi connectivity index (χ4v) is 10.1. The Balaban J connectivity index is 1.57. The van der Waals surface area contributed by atoms with Gasteiger partial charge in [-0.2, -0.15) is 0 Å². The van der Waals surface area contributed by atoms with E-state index in [1.54, 1.807) is 12.1 Å². The third kappa shape index (κ3) is 5.97. The molecule has 5 rings (SSSR count). The van der Waals surface area contributed by atoms with Gasteiger partial charge in [-0.05, 0) is 0 Å². The number of halogens is 1. The Kier molecular flexibility index (Phi) is 7.96. The van der Waals surface area contributed by atoms with Crippen molar-refractivity contribution in [2.45, 2.75) is 39.0 Å². The van der Waals surface area contributed by atoms with Crippen molar-refractivity contribution in [3.63, 3.8) is 0 Å². The van der Waals surface area contributed by atoms with Gasteiger partial charge in [-0.25, -0.2) is 0 Å². The fourth-order valence-electron chi connectivity index (χ4n) is 5.35. The zero-order valence-electron chi connectivity index (χ0n) is 22.9. The van der Waals surface area contributed by atoms with Gasteiger partial charge in [0.15, 0.2) is 0 Å². The average Bonchev–Trinajstić information content (AvgIpc) is 2.96. The van der Waals surface area contributed by atoms with Gasteiger partial charge in [-0.3, -0.25) is 0 Å². The molecule has 0 spiro atoms. The molecule has 0 aliphatic rings. The summed E-state index contributed by atoms with van der Waals surface area (Å²) in [6.45, 7) is 7.07. The molecular formula is C36H36FOP. The first-order valence-corrected chi connectivity index (χ1v) is 15.7. The molecule has 0 saturated carbocycles. The molecule has 0 aromatic heterocycles. The molecule has 0 fully saturated rings. The minimum absolute atomic E-state index is 0.101. The second kappa shape index (κ2) is 11.6. The molecule has 198 valence electrons. The molecule has 0 amide bonds. The van der Waals surface area contributed by atoms with Crippen molar-refractivity contribution in [3.8, 4) is 5.75 Å². The van der Waals surface area contributed by atoms with Crippen LogP contribution in [0.15, 0.2) is 133 Å². The van der Waals surface area contributed by atoms with Gasteiger partial charge in [-0.1, -0.05) is 0 Å². The van der Waals surface area contributed by atoms with Gasteiger partial charge in [0.05, 0.1) is 0 Å². The van der Waals surface area contributed by atoms with Gasteiger partial charge in [0.2, 0.25) is 0 Å². The number of rotatable bonds is 8. The molecule has 0 radical (unpaired) electrons. The van der Waals surface area contributed by atoms with Gasteiger partial charge >= 0.3 is 233 Å². The predicted molar refractivity (Wildman–Crippen MR) is 166 cm³/mol. The molecule has 0 heterocycles. The standard InChI is InChI=1S/C36H36FOP/c1-36(2,3)30-21-19-28(20-22-30)26-38-35-24-23-31(37)25-29(35)27-39(32-13-7-4-8-14-32,33-15-9-5-10-16-33)34-17-11-6-12-18-34/h4-25,39H,26-27H2,1-3H3. The van der Waals surface area contributed by atoms with E-state index >= 15 is 0 Å². The monoisotopic (exact) mass is 534 g/mol. The molecule has 0 aliphatic carbocycles. The Hall–Kier alpha value is -3.74. The minimum atomic E-state index is -2.60. The Morgan fingerprint density at radius 3 is 1.56 bits per heavy atom. The summed E-state index contributed by atoms with van der Waals surface area (Å²) in [5.41, 5.74) is 3.38. The summed E-state index contributed by atoms with van der Waals surface area (Å²) < 4.78 is 21.2. The molecule has 5 aromatic rings. The van der Waals surface area contributed by atoms with Crippen LogP contribution in [-0.2, 0) is 18.2 Å². The van der Waals surface area contributed by atoms with Crippen LogP contribution in [-0.4, -0.2) is 0 Å². The van der Waals surface area contributed by atoms with Crippen molar-refractivity contribution in [3.05, 3.63) is 156 Å². The molecule has 0 saturated heterocycles. The summed E-state index contributed by atoms with van der Waals surface area (Å²) >= 11 is 0. The Bertz CT molecular complexity index is 1390. The summed E-state index contributed by atoms with van der Waals surface area (Å²) in [7, 11) is -2.60. The van der Waals surface area contributed by atoms with Crippen LogP contribution in [0.4, 0.5) is 4.39 Å². The third-order valence-corrected chi connectivity index (χ3v) is 12.4. The van der Waals surface area contributed by atoms with Crippen LogP contribution in [0.1, 0.15) is 37.5 Å². The molecule has 39 heavy (non-hydrogen) atoms. The first-order valence-electron chi connectivity index (χ1n) is 13.5. The second-order valence-electron chi connectivity index (χ2n) is 11.2. The number of hydrogen-bond acceptors (Lipinski definition) is 1. The SMILES string of the molecule is CC(C)(C)c1ccc(COc2ccc(F)cc2C[PH](c2ccccc2)(c2ccccc2)c2ccccc2)cc1. The molecular weight excluding hydrogens is 498 g/mol. The number of hydrogen-bond donors (Lipinski definition) is 0. The van der Waals surface area contributed by atoms with Crippen molar-refractivity contribution in [1.82, 2.24) is 0 Å². The van der Waals surface area contributed by atoms with Crippen molar-refractivity contribution in [2.24, 2.45) is 0 Å². The zero-order chi connectivity index (χ0) is 27.3. The van der Waals surface area contributed by atoms with E-state index in [9.17, 15) is 4.39 Å². The van der Waals surface area contributed by atoms with Gasteiger partial charge in [0.25, 0.3) is 0 Å². The van der Waals surface area contributed by atoms with E-state index in [1.165, 1.54) is 27.5 Å². The predicted octanol–water partition coefficient (Wildman–Crippen LogP) is 7.93. The van der Waals surface area contributed by atoms with Crippen LogP contribution in [0.25, 0.3) is 0 Å². The number of benzene rings is 5. The fraction of sp³-hybridized carbons (Fsp3) is 0.167. The van der Waals surface area contributed by atoms with Crippen molar-refractivity contribution >= 4 is 23.2 Å². The Labute approximate surface area is 232 Å². The molecule has 0 atom stereocenters. The molecule has 5 aromatic carbocycles. The van der Waals surface area contributed by atoms with Gasteiger partial charge in [0.1, 0.15) is 0 Å². The first-order chi connectivity index (χ1) is 18.9. The molecule has 3 heteroatoms. The summed E-state index contributed by atoms with van der Waals surface area (Å²) in [6.07, 6.45) is 0.682. The number of ether oxygens (including phenoxy) is 1. The molecule has 1 nitrogen and oxygen atoms in total. The molecule has 0 unspecified atom stereocenters. The van der Waals surface area contributed by atoms with Crippen LogP contribution in [0.5, 0.6) is 5.75 Å². The van der Waals surface area contributed by atoms with Crippen LogP contribution in [0.2, 0.25) is 0 Å². The van der Waals surface area contributed by atoms with Crippen molar-refractivity contribution < 1.29 is 9.13 Å². The van der Waals surface area contributed by atoms with Crippen molar-refractivity contribution in [2.75, 3.05) is 0 Å². The summed E-state index contributed by atoms with van der Waals surface area (Å²) in [5.74, 6) is 0.486. The molecule has 0 N–H and O–H groups in total. The average molecular weight is 535 g/mol. The second-order valence-corrected chi connectivity index (χ2v) is 15.1. The maximum absolute atomic E-state index is 14.8. The van der Waals surface area contributed by atoms with E-state index in [-0.39, 0.29) is 11.2 Å². The van der Waals surface area contributed by atoms with E-state index in [0.29, 0.717) is 12.8 Å². The van der Waals surface area contributed by atoms with E-state index in [2.05, 4.69) is 136 Å². The summed E-state index contributed by atoms with van der Waals surface area (Å²) in [4.78, 5) is 0. The topological polar surface area (TPSA) is 9.23 Å². The van der Waals surface area contributed by atoms with Gasteiger partial charge < -0.3 is 0 Å². The molecule has 0 aliphatic heterocycles. The summed E-state index contributed by atoms with van der Waals surface area (Å²) in [5, 5.41) is 3.86. The van der Waals surface area contributed by atoms with Crippen LogP contribution in [0.3, 0.4) is 0 Å². The first kappa shape index (κ1) is 26.9.